The summed E-state index contributed by atoms with van der Waals surface area (Å²) in [5.74, 6) is -1.85. The van der Waals surface area contributed by atoms with E-state index in [0.717, 1.165) is 16.1 Å². The highest BCUT2D eigenvalue weighted by atomic mass is 32.2. The monoisotopic (exact) mass is 666 g/mol. The Kier molecular flexibility index (Phi) is 7.60. The fourth-order valence-corrected chi connectivity index (χ4v) is 8.64. The summed E-state index contributed by atoms with van der Waals surface area (Å²) in [7, 11) is -8.17. The Morgan fingerprint density at radius 3 is 2.43 bits per heavy atom. The third-order valence-electron chi connectivity index (χ3n) is 8.08. The van der Waals surface area contributed by atoms with E-state index in [1.54, 1.807) is 38.1 Å². The zero-order chi connectivity index (χ0) is 33.0. The Morgan fingerprint density at radius 1 is 0.978 bits per heavy atom. The number of benzene rings is 2. The van der Waals surface area contributed by atoms with E-state index in [4.69, 9.17) is 9.26 Å². The molecule has 0 saturated heterocycles. The molecule has 3 heterocycles. The highest BCUT2D eigenvalue weighted by Gasteiger charge is 2.42. The summed E-state index contributed by atoms with van der Waals surface area (Å²) in [6.45, 7) is 6.39. The van der Waals surface area contributed by atoms with Crippen molar-refractivity contribution < 1.29 is 34.9 Å². The second kappa shape index (κ2) is 11.2. The van der Waals surface area contributed by atoms with E-state index in [0.29, 0.717) is 22.6 Å². The standard InChI is InChI=1S/C32H28F2N4O6S2/c1-19-7-5-6-14-32(19,4)46(41,42)38-16-13-25-24(12-15-35-31(25)38)26-18-23(37-45(39,40)30-20(2)36-44-21(30)3)9-11-28(26)43-29-10-8-22(33)17-27(29)34/h5-13,15-18,37H,14H2,1-4H3. The molecule has 1 N–H and O–H groups in total. The van der Waals surface area contributed by atoms with Gasteiger partial charge in [-0.1, -0.05) is 29.0 Å². The van der Waals surface area contributed by atoms with Gasteiger partial charge in [0.2, 0.25) is 10.0 Å². The lowest BCUT2D eigenvalue weighted by atomic mass is 9.94. The highest BCUT2D eigenvalue weighted by molar-refractivity contribution is 7.92. The van der Waals surface area contributed by atoms with Gasteiger partial charge in [-0.3, -0.25) is 4.72 Å². The first-order valence-electron chi connectivity index (χ1n) is 14.0. The van der Waals surface area contributed by atoms with E-state index in [9.17, 15) is 25.6 Å². The van der Waals surface area contributed by atoms with Gasteiger partial charge in [0, 0.05) is 35.1 Å². The molecule has 3 aromatic heterocycles. The molecule has 2 aromatic carbocycles. The summed E-state index contributed by atoms with van der Waals surface area (Å²) in [6, 6.07) is 10.3. The number of pyridine rings is 1. The predicted octanol–water partition coefficient (Wildman–Crippen LogP) is 7.02. The van der Waals surface area contributed by atoms with Gasteiger partial charge in [0.15, 0.2) is 27.9 Å². The van der Waals surface area contributed by atoms with Crippen molar-refractivity contribution in [2.45, 2.75) is 43.8 Å². The van der Waals surface area contributed by atoms with E-state index in [2.05, 4.69) is 14.9 Å². The number of nitrogens with one attached hydrogen (secondary N) is 1. The predicted molar refractivity (Wildman–Crippen MR) is 169 cm³/mol. The average molecular weight is 667 g/mol. The lowest BCUT2D eigenvalue weighted by Gasteiger charge is -2.31. The molecule has 6 rings (SSSR count). The van der Waals surface area contributed by atoms with Gasteiger partial charge in [-0.05, 0) is 82.1 Å². The molecule has 10 nitrogen and oxygen atoms in total. The fraction of sp³-hybridized carbons (Fsp3) is 0.188. The molecule has 1 atom stereocenters. The summed E-state index contributed by atoms with van der Waals surface area (Å²) in [4.78, 5) is 4.27. The molecular formula is C32H28F2N4O6S2. The maximum atomic E-state index is 14.7. The van der Waals surface area contributed by atoms with E-state index < -0.39 is 36.4 Å². The topological polar surface area (TPSA) is 133 Å². The van der Waals surface area contributed by atoms with Gasteiger partial charge >= 0.3 is 0 Å². The smallest absolute Gasteiger partial charge is 0.267 e. The summed E-state index contributed by atoms with van der Waals surface area (Å²) in [5, 5.41) is 4.12. The van der Waals surface area contributed by atoms with Gasteiger partial charge < -0.3 is 9.26 Å². The van der Waals surface area contributed by atoms with Crippen LogP contribution in [0.15, 0.2) is 94.1 Å². The number of aryl methyl sites for hydroxylation is 2. The van der Waals surface area contributed by atoms with Crippen LogP contribution >= 0.6 is 0 Å². The van der Waals surface area contributed by atoms with Crippen LogP contribution in [0.4, 0.5) is 14.5 Å². The Morgan fingerprint density at radius 2 is 1.74 bits per heavy atom. The van der Waals surface area contributed by atoms with Crippen molar-refractivity contribution >= 4 is 36.8 Å². The number of halogens is 2. The molecule has 0 spiro atoms. The molecule has 0 bridgehead atoms. The summed E-state index contributed by atoms with van der Waals surface area (Å²) >= 11 is 0. The molecule has 1 unspecified atom stereocenters. The van der Waals surface area contributed by atoms with E-state index in [1.165, 1.54) is 44.4 Å². The van der Waals surface area contributed by atoms with Crippen molar-refractivity contribution in [1.29, 1.82) is 0 Å². The molecule has 0 aliphatic heterocycles. The van der Waals surface area contributed by atoms with Gasteiger partial charge in [0.1, 0.15) is 22.0 Å². The van der Waals surface area contributed by atoms with Crippen molar-refractivity contribution in [3.8, 4) is 22.6 Å². The maximum absolute atomic E-state index is 14.7. The average Bonchev–Trinajstić information content (AvgIpc) is 3.60. The fourth-order valence-electron chi connectivity index (χ4n) is 5.45. The number of sulfonamides is 1. The molecule has 0 radical (unpaired) electrons. The minimum absolute atomic E-state index is 0.0806. The van der Waals surface area contributed by atoms with Crippen LogP contribution in [0, 0.1) is 25.5 Å². The number of aromatic nitrogens is 3. The molecule has 1 aliphatic rings. The van der Waals surface area contributed by atoms with Crippen LogP contribution in [0.3, 0.4) is 0 Å². The third-order valence-corrected chi connectivity index (χ3v) is 12.1. The molecule has 5 aromatic rings. The molecule has 0 amide bonds. The van der Waals surface area contributed by atoms with E-state index >= 15 is 0 Å². The van der Waals surface area contributed by atoms with E-state index in [1.807, 2.05) is 6.08 Å². The summed E-state index contributed by atoms with van der Waals surface area (Å²) in [6.07, 6.45) is 8.47. The highest BCUT2D eigenvalue weighted by Crippen LogP contribution is 2.42. The maximum Gasteiger partial charge on any atom is 0.267 e. The minimum Gasteiger partial charge on any atom is -0.454 e. The largest absolute Gasteiger partial charge is 0.454 e. The molecule has 0 fully saturated rings. The molecule has 238 valence electrons. The number of hydrogen-bond donors (Lipinski definition) is 1. The lowest BCUT2D eigenvalue weighted by molar-refractivity contribution is 0.390. The number of allylic oxidation sites excluding steroid dienone is 3. The summed E-state index contributed by atoms with van der Waals surface area (Å²) < 4.78 is 96.4. The van der Waals surface area contributed by atoms with Gasteiger partial charge in [-0.25, -0.2) is 34.6 Å². The molecule has 1 aliphatic carbocycles. The quantitative estimate of drug-likeness (QED) is 0.187. The van der Waals surface area contributed by atoms with Crippen molar-refractivity contribution in [3.05, 3.63) is 108 Å². The van der Waals surface area contributed by atoms with Gasteiger partial charge in [-0.15, -0.1) is 0 Å². The second-order valence-electron chi connectivity index (χ2n) is 11.1. The van der Waals surface area contributed by atoms with Crippen LogP contribution in [0.5, 0.6) is 11.5 Å². The first kappa shape index (κ1) is 31.2. The van der Waals surface area contributed by atoms with Crippen molar-refractivity contribution in [2.24, 2.45) is 0 Å². The normalized spacial score (nSPS) is 16.9. The van der Waals surface area contributed by atoms with Crippen LogP contribution in [-0.4, -0.2) is 35.7 Å². The number of nitrogens with zero attached hydrogens (tertiary/aromatic N) is 3. The van der Waals surface area contributed by atoms with Crippen LogP contribution in [0.25, 0.3) is 22.2 Å². The Bertz CT molecular complexity index is 2290. The number of ether oxygens (including phenoxy) is 1. The number of rotatable bonds is 8. The Balaban J connectivity index is 1.51. The first-order valence-corrected chi connectivity index (χ1v) is 16.9. The molecule has 46 heavy (non-hydrogen) atoms. The number of hydrogen-bond acceptors (Lipinski definition) is 8. The van der Waals surface area contributed by atoms with Crippen molar-refractivity contribution in [2.75, 3.05) is 4.72 Å². The first-order chi connectivity index (χ1) is 21.7. The van der Waals surface area contributed by atoms with E-state index in [-0.39, 0.29) is 51.2 Å². The lowest BCUT2D eigenvalue weighted by Crippen LogP contribution is -2.40. The van der Waals surface area contributed by atoms with Gasteiger partial charge in [0.05, 0.1) is 0 Å². The Hall–Kier alpha value is -4.82. The summed E-state index contributed by atoms with van der Waals surface area (Å²) in [5.41, 5.74) is 1.76. The van der Waals surface area contributed by atoms with Crippen molar-refractivity contribution in [1.82, 2.24) is 14.1 Å². The number of anilines is 1. The van der Waals surface area contributed by atoms with Gasteiger partial charge in [0.25, 0.3) is 10.0 Å². The molecular weight excluding hydrogens is 639 g/mol. The third kappa shape index (κ3) is 5.16. The van der Waals surface area contributed by atoms with Crippen molar-refractivity contribution in [3.63, 3.8) is 0 Å². The number of fused-ring (bicyclic) bond motifs is 1. The van der Waals surface area contributed by atoms with Crippen LogP contribution < -0.4 is 9.46 Å². The molecule has 0 saturated carbocycles. The van der Waals surface area contributed by atoms with Gasteiger partial charge in [-0.2, -0.15) is 0 Å². The zero-order valence-corrected chi connectivity index (χ0v) is 26.7. The SMILES string of the molecule is CC1=CC=CCC1(C)S(=O)(=O)n1ccc2c(-c3cc(NS(=O)(=O)c4c(C)noc4C)ccc3Oc3ccc(F)cc3F)ccnc21. The minimum atomic E-state index is -4.15. The molecule has 14 heteroatoms. The second-order valence-corrected chi connectivity index (χ2v) is 14.9. The van der Waals surface area contributed by atoms with Crippen LogP contribution in [0.1, 0.15) is 31.7 Å². The Labute approximate surface area is 264 Å². The zero-order valence-electron chi connectivity index (χ0n) is 25.1. The van der Waals surface area contributed by atoms with Crippen LogP contribution in [0.2, 0.25) is 0 Å². The van der Waals surface area contributed by atoms with Crippen LogP contribution in [-0.2, 0) is 20.0 Å².